The molecule has 1 saturated carbocycles. The Morgan fingerprint density at radius 3 is 2.61 bits per heavy atom. The number of likely N-dealkylation sites (tertiary alicyclic amines) is 1. The van der Waals surface area contributed by atoms with E-state index in [9.17, 15) is 22.8 Å². The Bertz CT molecular complexity index is 1530. The number of carbonyl (C=O) groups excluding carboxylic acids is 2. The van der Waals surface area contributed by atoms with Gasteiger partial charge in [-0.05, 0) is 31.3 Å². The summed E-state index contributed by atoms with van der Waals surface area (Å²) in [7, 11) is 1.47. The van der Waals surface area contributed by atoms with Gasteiger partial charge in [-0.15, -0.1) is 0 Å². The standard InChI is InChI=1S/C25H23F4N7O2/c1-3-19(37)34-10-13(8-18(34)23(28)29)36-25(31-2)20(24(30)38)16(33-36)7-6-14-15(26)9-17-22(21(14)27)32-11-35(17)12-4-5-12/h3,9,11-13,18,23,31H,1,4-5,8,10H2,2H3,(H2,30,38)/t13-,18?/m0/s1. The third kappa shape index (κ3) is 4.15. The Morgan fingerprint density at radius 2 is 2.00 bits per heavy atom. The van der Waals surface area contributed by atoms with Crippen LogP contribution in [0.4, 0.5) is 23.4 Å². The molecule has 9 nitrogen and oxygen atoms in total. The summed E-state index contributed by atoms with van der Waals surface area (Å²) < 4.78 is 60.4. The number of hydrogen-bond donors (Lipinski definition) is 2. The maximum absolute atomic E-state index is 15.2. The fourth-order valence-corrected chi connectivity index (χ4v) is 4.87. The monoisotopic (exact) mass is 529 g/mol. The molecule has 1 saturated heterocycles. The van der Waals surface area contributed by atoms with E-state index in [1.165, 1.54) is 18.1 Å². The Balaban J connectivity index is 1.56. The van der Waals surface area contributed by atoms with Crippen molar-refractivity contribution in [1.29, 1.82) is 0 Å². The molecule has 198 valence electrons. The van der Waals surface area contributed by atoms with E-state index in [4.69, 9.17) is 5.73 Å². The largest absolute Gasteiger partial charge is 0.373 e. The van der Waals surface area contributed by atoms with Crippen LogP contribution in [0, 0.1) is 23.5 Å². The molecule has 5 rings (SSSR count). The number of imidazole rings is 1. The Labute approximate surface area is 214 Å². The number of nitrogens with zero attached hydrogens (tertiary/aromatic N) is 5. The van der Waals surface area contributed by atoms with Crippen LogP contribution in [0.15, 0.2) is 25.0 Å². The zero-order valence-electron chi connectivity index (χ0n) is 20.2. The minimum atomic E-state index is -2.82. The lowest BCUT2D eigenvalue weighted by molar-refractivity contribution is -0.129. The van der Waals surface area contributed by atoms with Crippen molar-refractivity contribution in [2.24, 2.45) is 5.73 Å². The highest BCUT2D eigenvalue weighted by Gasteiger charge is 2.42. The fraction of sp³-hybridized carbons (Fsp3) is 0.360. The number of anilines is 1. The van der Waals surface area contributed by atoms with Gasteiger partial charge in [-0.25, -0.2) is 27.2 Å². The van der Waals surface area contributed by atoms with Crippen LogP contribution in [0.1, 0.15) is 53.0 Å². The highest BCUT2D eigenvalue weighted by molar-refractivity contribution is 6.00. The van der Waals surface area contributed by atoms with Gasteiger partial charge in [-0.2, -0.15) is 5.10 Å². The van der Waals surface area contributed by atoms with Crippen molar-refractivity contribution >= 4 is 28.7 Å². The number of nitrogens with one attached hydrogen (secondary N) is 1. The zero-order chi connectivity index (χ0) is 27.3. The molecule has 3 N–H and O–H groups in total. The van der Waals surface area contributed by atoms with Crippen LogP contribution in [0.25, 0.3) is 11.0 Å². The van der Waals surface area contributed by atoms with Crippen LogP contribution in [-0.4, -0.2) is 62.1 Å². The minimum Gasteiger partial charge on any atom is -0.373 e. The number of rotatable bonds is 6. The number of carbonyl (C=O) groups is 2. The molecule has 0 spiro atoms. The number of fused-ring (bicyclic) bond motifs is 1. The molecule has 2 atom stereocenters. The van der Waals surface area contributed by atoms with E-state index >= 15 is 4.39 Å². The molecular weight excluding hydrogens is 506 g/mol. The first kappa shape index (κ1) is 25.3. The average Bonchev–Trinajstić information content (AvgIpc) is 3.31. The van der Waals surface area contributed by atoms with Crippen molar-refractivity contribution in [3.05, 3.63) is 53.5 Å². The fourth-order valence-electron chi connectivity index (χ4n) is 4.87. The SMILES string of the molecule is C=CC(=O)N1C[C@@H](n2nc(C#Cc3c(F)cc4c(ncn4C4CC4)c3F)c(C(N)=O)c2NC)CC1C(F)F. The van der Waals surface area contributed by atoms with Gasteiger partial charge in [-0.1, -0.05) is 12.5 Å². The number of amides is 2. The summed E-state index contributed by atoms with van der Waals surface area (Å²) in [5.74, 6) is 1.52. The molecule has 1 unspecified atom stereocenters. The van der Waals surface area contributed by atoms with Crippen LogP contribution in [0.3, 0.4) is 0 Å². The molecular formula is C25H23F4N7O2. The number of alkyl halides is 2. The molecule has 3 heterocycles. The van der Waals surface area contributed by atoms with Gasteiger partial charge < -0.3 is 20.5 Å². The second-order valence-corrected chi connectivity index (χ2v) is 9.17. The molecule has 38 heavy (non-hydrogen) atoms. The molecule has 2 fully saturated rings. The van der Waals surface area contributed by atoms with Crippen LogP contribution >= 0.6 is 0 Å². The summed E-state index contributed by atoms with van der Waals surface area (Å²) >= 11 is 0. The van der Waals surface area contributed by atoms with E-state index in [1.54, 1.807) is 4.57 Å². The van der Waals surface area contributed by atoms with Crippen molar-refractivity contribution < 1.29 is 27.2 Å². The molecule has 1 aliphatic carbocycles. The number of aromatic nitrogens is 4. The Morgan fingerprint density at radius 1 is 1.26 bits per heavy atom. The third-order valence-corrected chi connectivity index (χ3v) is 6.82. The van der Waals surface area contributed by atoms with Crippen molar-refractivity contribution in [2.45, 2.75) is 43.8 Å². The summed E-state index contributed by atoms with van der Waals surface area (Å²) in [6.45, 7) is 3.22. The number of nitrogens with two attached hydrogens (primary N) is 1. The van der Waals surface area contributed by atoms with Crippen molar-refractivity contribution in [3.63, 3.8) is 0 Å². The van der Waals surface area contributed by atoms with E-state index in [0.717, 1.165) is 29.9 Å². The number of hydrogen-bond acceptors (Lipinski definition) is 5. The van der Waals surface area contributed by atoms with E-state index in [-0.39, 0.29) is 41.6 Å². The third-order valence-electron chi connectivity index (χ3n) is 6.82. The molecule has 2 aliphatic rings. The Kier molecular flexibility index (Phi) is 6.34. The topological polar surface area (TPSA) is 111 Å². The highest BCUT2D eigenvalue weighted by Crippen LogP contribution is 2.38. The normalized spacial score (nSPS) is 19.1. The van der Waals surface area contributed by atoms with Gasteiger partial charge in [0.25, 0.3) is 12.3 Å². The predicted molar refractivity (Wildman–Crippen MR) is 130 cm³/mol. The number of halogens is 4. The van der Waals surface area contributed by atoms with Gasteiger partial charge in [0.1, 0.15) is 22.7 Å². The molecule has 0 radical (unpaired) electrons. The van der Waals surface area contributed by atoms with Crippen molar-refractivity contribution in [1.82, 2.24) is 24.2 Å². The van der Waals surface area contributed by atoms with Gasteiger partial charge >= 0.3 is 0 Å². The quantitative estimate of drug-likeness (QED) is 0.290. The van der Waals surface area contributed by atoms with E-state index < -0.39 is 47.5 Å². The maximum Gasteiger partial charge on any atom is 0.258 e. The maximum atomic E-state index is 15.2. The van der Waals surface area contributed by atoms with Crippen molar-refractivity contribution in [3.8, 4) is 11.8 Å². The summed E-state index contributed by atoms with van der Waals surface area (Å²) in [4.78, 5) is 29.5. The van der Waals surface area contributed by atoms with Crippen molar-refractivity contribution in [2.75, 3.05) is 18.9 Å². The zero-order valence-corrected chi connectivity index (χ0v) is 20.2. The molecule has 2 amide bonds. The number of benzene rings is 1. The van der Waals surface area contributed by atoms with Crippen LogP contribution < -0.4 is 11.1 Å². The van der Waals surface area contributed by atoms with E-state index in [1.807, 2.05) is 0 Å². The second kappa shape index (κ2) is 9.51. The lowest BCUT2D eigenvalue weighted by Gasteiger charge is -2.21. The lowest BCUT2D eigenvalue weighted by atomic mass is 10.1. The summed E-state index contributed by atoms with van der Waals surface area (Å²) in [5, 5.41) is 7.05. The molecule has 2 aromatic heterocycles. The second-order valence-electron chi connectivity index (χ2n) is 9.17. The molecule has 0 bridgehead atoms. The molecule has 13 heteroatoms. The first-order valence-electron chi connectivity index (χ1n) is 11.8. The predicted octanol–water partition coefficient (Wildman–Crippen LogP) is 2.98. The summed E-state index contributed by atoms with van der Waals surface area (Å²) in [6, 6.07) is -0.827. The molecule has 1 aliphatic heterocycles. The summed E-state index contributed by atoms with van der Waals surface area (Å²) in [6.07, 6.45) is 1.23. The first-order chi connectivity index (χ1) is 18.2. The number of primary amides is 1. The van der Waals surface area contributed by atoms with Gasteiger partial charge in [0, 0.05) is 25.7 Å². The van der Waals surface area contributed by atoms with E-state index in [2.05, 4.69) is 33.8 Å². The first-order valence-corrected chi connectivity index (χ1v) is 11.8. The molecule has 1 aromatic carbocycles. The van der Waals surface area contributed by atoms with Gasteiger partial charge in [0.2, 0.25) is 5.91 Å². The minimum absolute atomic E-state index is 0.0323. The van der Waals surface area contributed by atoms with E-state index in [0.29, 0.717) is 5.52 Å². The van der Waals surface area contributed by atoms with Crippen LogP contribution in [0.2, 0.25) is 0 Å². The van der Waals surface area contributed by atoms with Crippen LogP contribution in [0.5, 0.6) is 0 Å². The lowest BCUT2D eigenvalue weighted by Crippen LogP contribution is -2.38. The Hall–Kier alpha value is -4.34. The van der Waals surface area contributed by atoms with Crippen LogP contribution in [-0.2, 0) is 4.79 Å². The van der Waals surface area contributed by atoms with Gasteiger partial charge in [-0.3, -0.25) is 9.59 Å². The molecule has 3 aromatic rings. The summed E-state index contributed by atoms with van der Waals surface area (Å²) in [5.41, 5.74) is 4.90. The highest BCUT2D eigenvalue weighted by atomic mass is 19.3. The van der Waals surface area contributed by atoms with Gasteiger partial charge in [0.05, 0.1) is 29.5 Å². The van der Waals surface area contributed by atoms with Gasteiger partial charge in [0.15, 0.2) is 11.5 Å². The smallest absolute Gasteiger partial charge is 0.258 e. The average molecular weight is 529 g/mol.